The number of hydrogen-bond acceptors (Lipinski definition) is 3. The average molecular weight is 368 g/mol. The summed E-state index contributed by atoms with van der Waals surface area (Å²) in [6.45, 7) is 9.40. The molecular weight excluding hydrogens is 334 g/mol. The van der Waals surface area contributed by atoms with E-state index >= 15 is 0 Å². The molecule has 0 aliphatic carbocycles. The van der Waals surface area contributed by atoms with Crippen molar-refractivity contribution in [3.05, 3.63) is 71.8 Å². The third kappa shape index (κ3) is 7.56. The van der Waals surface area contributed by atoms with Crippen LogP contribution in [0.5, 0.6) is 0 Å². The molecule has 0 aliphatic rings. The van der Waals surface area contributed by atoms with Crippen LogP contribution in [-0.2, 0) is 22.6 Å². The fraction of sp³-hybridized carbons (Fsp3) is 0.458. The smallest absolute Gasteiger partial charge is 0.323 e. The number of ether oxygens (including phenoxy) is 1. The summed E-state index contributed by atoms with van der Waals surface area (Å²) in [7, 11) is 0. The van der Waals surface area contributed by atoms with E-state index in [-0.39, 0.29) is 12.0 Å². The molecule has 2 rings (SSSR count). The van der Waals surface area contributed by atoms with Crippen molar-refractivity contribution in [2.45, 2.75) is 71.7 Å². The lowest BCUT2D eigenvalue weighted by atomic mass is 10.0. The summed E-state index contributed by atoms with van der Waals surface area (Å²) < 4.78 is 5.77. The summed E-state index contributed by atoms with van der Waals surface area (Å²) in [6, 6.07) is 20.4. The summed E-state index contributed by atoms with van der Waals surface area (Å²) in [4.78, 5) is 15.3. The van der Waals surface area contributed by atoms with Crippen molar-refractivity contribution >= 4 is 5.97 Å². The van der Waals surface area contributed by atoms with Crippen LogP contribution in [0.25, 0.3) is 0 Å². The van der Waals surface area contributed by atoms with E-state index in [4.69, 9.17) is 4.74 Å². The van der Waals surface area contributed by atoms with Gasteiger partial charge in [-0.1, -0.05) is 80.4 Å². The van der Waals surface area contributed by atoms with Crippen LogP contribution >= 0.6 is 0 Å². The minimum absolute atomic E-state index is 0.122. The molecule has 0 bridgehead atoms. The Morgan fingerprint density at radius 2 is 1.41 bits per heavy atom. The normalized spacial score (nSPS) is 12.8. The van der Waals surface area contributed by atoms with Crippen molar-refractivity contribution in [3.8, 4) is 0 Å². The highest BCUT2D eigenvalue weighted by molar-refractivity contribution is 5.76. The Balaban J connectivity index is 2.27. The number of hydrogen-bond donors (Lipinski definition) is 0. The van der Waals surface area contributed by atoms with Gasteiger partial charge in [-0.25, -0.2) is 0 Å². The second-order valence-corrected chi connectivity index (χ2v) is 8.07. The zero-order valence-electron chi connectivity index (χ0n) is 17.2. The molecule has 3 nitrogen and oxygen atoms in total. The Kier molecular flexibility index (Phi) is 8.05. The highest BCUT2D eigenvalue weighted by atomic mass is 16.6. The molecule has 0 radical (unpaired) electrons. The largest absolute Gasteiger partial charge is 0.459 e. The van der Waals surface area contributed by atoms with Gasteiger partial charge in [-0.2, -0.15) is 0 Å². The van der Waals surface area contributed by atoms with Gasteiger partial charge >= 0.3 is 5.97 Å². The third-order valence-corrected chi connectivity index (χ3v) is 4.41. The first-order valence-electron chi connectivity index (χ1n) is 9.94. The standard InChI is InChI=1S/C24H33NO2/c1-5-6-17-22(23(26)27-24(2,3)4)25(18-20-13-9-7-10-14-20)19-21-15-11-8-12-16-21/h7-16,22H,5-6,17-19H2,1-4H3. The molecule has 1 unspecified atom stereocenters. The Hall–Kier alpha value is -2.13. The molecule has 146 valence electrons. The second kappa shape index (κ2) is 10.3. The van der Waals surface area contributed by atoms with Crippen molar-refractivity contribution in [1.82, 2.24) is 4.90 Å². The topological polar surface area (TPSA) is 29.5 Å². The van der Waals surface area contributed by atoms with Crippen LogP contribution in [0, 0.1) is 0 Å². The Bertz CT molecular complexity index is 635. The fourth-order valence-electron chi connectivity index (χ4n) is 3.13. The van der Waals surface area contributed by atoms with Gasteiger partial charge in [-0.3, -0.25) is 9.69 Å². The van der Waals surface area contributed by atoms with Gasteiger partial charge in [0.25, 0.3) is 0 Å². The molecule has 0 aliphatic heterocycles. The third-order valence-electron chi connectivity index (χ3n) is 4.41. The highest BCUT2D eigenvalue weighted by Crippen LogP contribution is 2.21. The number of rotatable bonds is 9. The maximum Gasteiger partial charge on any atom is 0.323 e. The zero-order valence-corrected chi connectivity index (χ0v) is 17.2. The van der Waals surface area contributed by atoms with Gasteiger partial charge in [0.1, 0.15) is 11.6 Å². The molecule has 0 heterocycles. The number of benzene rings is 2. The highest BCUT2D eigenvalue weighted by Gasteiger charge is 2.30. The molecule has 3 heteroatoms. The van der Waals surface area contributed by atoms with Crippen LogP contribution in [0.2, 0.25) is 0 Å². The van der Waals surface area contributed by atoms with Gasteiger partial charge in [-0.05, 0) is 38.3 Å². The van der Waals surface area contributed by atoms with Gasteiger partial charge < -0.3 is 4.74 Å². The number of carbonyl (C=O) groups is 1. The predicted octanol–water partition coefficient (Wildman–Crippen LogP) is 5.59. The van der Waals surface area contributed by atoms with Crippen LogP contribution in [0.1, 0.15) is 58.1 Å². The number of esters is 1. The van der Waals surface area contributed by atoms with Crippen molar-refractivity contribution < 1.29 is 9.53 Å². The Morgan fingerprint density at radius 3 is 1.81 bits per heavy atom. The minimum Gasteiger partial charge on any atom is -0.459 e. The molecule has 2 aromatic rings. The first kappa shape index (κ1) is 21.2. The maximum atomic E-state index is 13.0. The monoisotopic (exact) mass is 367 g/mol. The molecule has 27 heavy (non-hydrogen) atoms. The van der Waals surface area contributed by atoms with Crippen molar-refractivity contribution in [1.29, 1.82) is 0 Å². The Labute approximate surface area is 164 Å². The number of nitrogens with zero attached hydrogens (tertiary/aromatic N) is 1. The zero-order chi connectivity index (χ0) is 19.7. The molecule has 0 fully saturated rings. The average Bonchev–Trinajstić information content (AvgIpc) is 2.62. The lowest BCUT2D eigenvalue weighted by Gasteiger charge is -2.33. The van der Waals surface area contributed by atoms with Gasteiger partial charge in [-0.15, -0.1) is 0 Å². The van der Waals surface area contributed by atoms with Gasteiger partial charge in [0.2, 0.25) is 0 Å². The second-order valence-electron chi connectivity index (χ2n) is 8.07. The van der Waals surface area contributed by atoms with Crippen LogP contribution < -0.4 is 0 Å². The summed E-state index contributed by atoms with van der Waals surface area (Å²) in [6.07, 6.45) is 2.87. The van der Waals surface area contributed by atoms with Crippen LogP contribution in [0.15, 0.2) is 60.7 Å². The molecule has 2 aromatic carbocycles. The van der Waals surface area contributed by atoms with E-state index in [0.717, 1.165) is 32.4 Å². The minimum atomic E-state index is -0.479. The number of unbranched alkanes of at least 4 members (excludes halogenated alkanes) is 1. The van der Waals surface area contributed by atoms with Crippen LogP contribution in [0.4, 0.5) is 0 Å². The van der Waals surface area contributed by atoms with E-state index < -0.39 is 5.60 Å². The van der Waals surface area contributed by atoms with E-state index in [2.05, 4.69) is 36.1 Å². The summed E-state index contributed by atoms with van der Waals surface area (Å²) in [5.74, 6) is -0.122. The maximum absolute atomic E-state index is 13.0. The molecule has 0 saturated carbocycles. The Morgan fingerprint density at radius 1 is 0.926 bits per heavy atom. The molecule has 1 atom stereocenters. The quantitative estimate of drug-likeness (QED) is 0.541. The molecule has 0 spiro atoms. The van der Waals surface area contributed by atoms with Crippen molar-refractivity contribution in [3.63, 3.8) is 0 Å². The van der Waals surface area contributed by atoms with Crippen LogP contribution in [0.3, 0.4) is 0 Å². The van der Waals surface area contributed by atoms with Gasteiger partial charge in [0, 0.05) is 13.1 Å². The van der Waals surface area contributed by atoms with Gasteiger partial charge in [0.15, 0.2) is 0 Å². The first-order valence-corrected chi connectivity index (χ1v) is 9.94. The lowest BCUT2D eigenvalue weighted by molar-refractivity contribution is -0.162. The SMILES string of the molecule is CCCCC(C(=O)OC(C)(C)C)N(Cc1ccccc1)Cc1ccccc1. The lowest BCUT2D eigenvalue weighted by Crippen LogP contribution is -2.43. The van der Waals surface area contributed by atoms with Crippen LogP contribution in [-0.4, -0.2) is 22.5 Å². The van der Waals surface area contributed by atoms with E-state index in [1.165, 1.54) is 11.1 Å². The fourth-order valence-corrected chi connectivity index (χ4v) is 3.13. The predicted molar refractivity (Wildman–Crippen MR) is 111 cm³/mol. The van der Waals surface area contributed by atoms with Crippen molar-refractivity contribution in [2.75, 3.05) is 0 Å². The molecular formula is C24H33NO2. The van der Waals surface area contributed by atoms with Crippen molar-refractivity contribution in [2.24, 2.45) is 0 Å². The molecule has 0 amide bonds. The molecule has 0 N–H and O–H groups in total. The van der Waals surface area contributed by atoms with E-state index in [1.807, 2.05) is 57.2 Å². The summed E-state index contributed by atoms with van der Waals surface area (Å²) in [5, 5.41) is 0. The van der Waals surface area contributed by atoms with Gasteiger partial charge in [0.05, 0.1) is 0 Å². The molecule has 0 aromatic heterocycles. The first-order chi connectivity index (χ1) is 12.9. The number of carbonyl (C=O) groups excluding carboxylic acids is 1. The summed E-state index contributed by atoms with van der Waals surface area (Å²) in [5.41, 5.74) is 1.93. The van der Waals surface area contributed by atoms with E-state index in [9.17, 15) is 4.79 Å². The van der Waals surface area contributed by atoms with E-state index in [1.54, 1.807) is 0 Å². The molecule has 0 saturated heterocycles. The van der Waals surface area contributed by atoms with E-state index in [0.29, 0.717) is 0 Å². The summed E-state index contributed by atoms with van der Waals surface area (Å²) >= 11 is 0.